The summed E-state index contributed by atoms with van der Waals surface area (Å²) in [5.74, 6) is -0.384. The molecule has 0 spiro atoms. The van der Waals surface area contributed by atoms with Crippen LogP contribution in [0.1, 0.15) is 12.0 Å². The van der Waals surface area contributed by atoms with E-state index in [1.165, 1.54) is 25.3 Å². The molecule has 6 heteroatoms. The monoisotopic (exact) mass is 236 g/mol. The minimum atomic E-state index is -0.503. The Bertz CT molecular complexity index is 469. The van der Waals surface area contributed by atoms with Crippen LogP contribution in [0.15, 0.2) is 24.3 Å². The smallest absolute Gasteiger partial charge is 0.309 e. The summed E-state index contributed by atoms with van der Waals surface area (Å²) in [7, 11) is 1.29. The van der Waals surface area contributed by atoms with Crippen LogP contribution in [0.4, 0.5) is 11.4 Å². The topological polar surface area (TPSA) is 95.5 Å². The number of methoxy groups -OCH3 is 1. The highest BCUT2D eigenvalue weighted by molar-refractivity contribution is 5.74. The Hall–Kier alpha value is -2.37. The summed E-state index contributed by atoms with van der Waals surface area (Å²) < 4.78 is 4.45. The molecular formula is C11H12N2O4. The number of nitrogens with two attached hydrogens (primary N) is 1. The third kappa shape index (κ3) is 3.60. The average molecular weight is 236 g/mol. The van der Waals surface area contributed by atoms with Crippen LogP contribution < -0.4 is 5.73 Å². The van der Waals surface area contributed by atoms with Gasteiger partial charge in [0.2, 0.25) is 0 Å². The average Bonchev–Trinajstić information content (AvgIpc) is 2.30. The predicted molar refractivity (Wildman–Crippen MR) is 63.2 cm³/mol. The first-order chi connectivity index (χ1) is 8.04. The molecule has 1 rings (SSSR count). The number of hydrogen-bond donors (Lipinski definition) is 1. The van der Waals surface area contributed by atoms with Crippen LogP contribution in [-0.4, -0.2) is 18.0 Å². The zero-order valence-electron chi connectivity index (χ0n) is 9.25. The summed E-state index contributed by atoms with van der Waals surface area (Å²) in [4.78, 5) is 20.9. The first-order valence-electron chi connectivity index (χ1n) is 4.82. The molecule has 0 saturated heterocycles. The van der Waals surface area contributed by atoms with Gasteiger partial charge in [0.15, 0.2) is 0 Å². The van der Waals surface area contributed by atoms with Crippen molar-refractivity contribution in [3.05, 3.63) is 40.0 Å². The summed E-state index contributed by atoms with van der Waals surface area (Å²) in [6.07, 6.45) is 3.19. The zero-order valence-corrected chi connectivity index (χ0v) is 9.25. The van der Waals surface area contributed by atoms with E-state index in [-0.39, 0.29) is 18.1 Å². The van der Waals surface area contributed by atoms with E-state index < -0.39 is 4.92 Å². The van der Waals surface area contributed by atoms with Crippen molar-refractivity contribution >= 4 is 23.4 Å². The standard InChI is InChI=1S/C11H12N2O4/c1-17-11(14)4-2-3-8-7-9(13(15)16)5-6-10(8)12/h2-3,5-7H,4,12H2,1H3. The Kier molecular flexibility index (Phi) is 4.21. The molecule has 0 radical (unpaired) electrons. The summed E-state index contributed by atoms with van der Waals surface area (Å²) in [5, 5.41) is 10.6. The minimum Gasteiger partial charge on any atom is -0.469 e. The van der Waals surface area contributed by atoms with Crippen LogP contribution in [0.25, 0.3) is 6.08 Å². The fraction of sp³-hybridized carbons (Fsp3) is 0.182. The molecule has 0 aliphatic rings. The number of nitro groups is 1. The van der Waals surface area contributed by atoms with E-state index in [1.807, 2.05) is 0 Å². The second-order valence-corrected chi connectivity index (χ2v) is 3.25. The van der Waals surface area contributed by atoms with Crippen molar-refractivity contribution in [2.75, 3.05) is 12.8 Å². The van der Waals surface area contributed by atoms with Crippen molar-refractivity contribution in [2.45, 2.75) is 6.42 Å². The van der Waals surface area contributed by atoms with Crippen molar-refractivity contribution in [3.63, 3.8) is 0 Å². The summed E-state index contributed by atoms with van der Waals surface area (Å²) in [6, 6.07) is 4.13. The minimum absolute atomic E-state index is 0.0445. The van der Waals surface area contributed by atoms with Crippen molar-refractivity contribution < 1.29 is 14.5 Å². The fourth-order valence-electron chi connectivity index (χ4n) is 1.19. The number of nitro benzene ring substituents is 1. The van der Waals surface area contributed by atoms with E-state index in [2.05, 4.69) is 4.74 Å². The lowest BCUT2D eigenvalue weighted by Crippen LogP contribution is -1.97. The maximum Gasteiger partial charge on any atom is 0.309 e. The van der Waals surface area contributed by atoms with Gasteiger partial charge in [0.1, 0.15) is 0 Å². The number of rotatable bonds is 4. The molecule has 0 unspecified atom stereocenters. The van der Waals surface area contributed by atoms with Crippen molar-refractivity contribution in [1.29, 1.82) is 0 Å². The van der Waals surface area contributed by atoms with Crippen LogP contribution >= 0.6 is 0 Å². The van der Waals surface area contributed by atoms with E-state index in [0.717, 1.165) is 0 Å². The number of esters is 1. The molecule has 17 heavy (non-hydrogen) atoms. The van der Waals surface area contributed by atoms with E-state index >= 15 is 0 Å². The first kappa shape index (κ1) is 12.7. The van der Waals surface area contributed by atoms with E-state index in [4.69, 9.17) is 5.73 Å². The SMILES string of the molecule is COC(=O)CC=Cc1cc([N+](=O)[O-])ccc1N. The number of nitrogen functional groups attached to an aromatic ring is 1. The molecule has 0 aromatic heterocycles. The number of non-ortho nitro benzene ring substituents is 1. The predicted octanol–water partition coefficient (Wildman–Crippen LogP) is 1.75. The molecule has 0 fully saturated rings. The lowest BCUT2D eigenvalue weighted by Gasteiger charge is -2.00. The molecule has 1 aromatic rings. The molecule has 1 aromatic carbocycles. The largest absolute Gasteiger partial charge is 0.469 e. The summed E-state index contributed by atoms with van der Waals surface area (Å²) in [6.45, 7) is 0. The maximum atomic E-state index is 10.8. The third-order valence-electron chi connectivity index (χ3n) is 2.09. The van der Waals surface area contributed by atoms with E-state index in [0.29, 0.717) is 11.3 Å². The highest BCUT2D eigenvalue weighted by Crippen LogP contribution is 2.20. The van der Waals surface area contributed by atoms with Crippen LogP contribution in [0, 0.1) is 10.1 Å². The van der Waals surface area contributed by atoms with Crippen molar-refractivity contribution in [2.24, 2.45) is 0 Å². The highest BCUT2D eigenvalue weighted by Gasteiger charge is 2.07. The van der Waals surface area contributed by atoms with Gasteiger partial charge in [0.05, 0.1) is 18.5 Å². The molecule has 0 bridgehead atoms. The molecule has 0 amide bonds. The molecule has 90 valence electrons. The van der Waals surface area contributed by atoms with E-state index in [1.54, 1.807) is 12.2 Å². The fourth-order valence-corrected chi connectivity index (χ4v) is 1.19. The lowest BCUT2D eigenvalue weighted by molar-refractivity contribution is -0.384. The van der Waals surface area contributed by atoms with Gasteiger partial charge in [0, 0.05) is 23.4 Å². The number of carbonyl (C=O) groups excluding carboxylic acids is 1. The molecule has 0 heterocycles. The van der Waals surface area contributed by atoms with Crippen molar-refractivity contribution in [1.82, 2.24) is 0 Å². The van der Waals surface area contributed by atoms with Crippen LogP contribution in [-0.2, 0) is 9.53 Å². The van der Waals surface area contributed by atoms with Gasteiger partial charge in [0.25, 0.3) is 5.69 Å². The molecule has 0 saturated carbocycles. The Labute approximate surface area is 97.8 Å². The Morgan fingerprint density at radius 1 is 1.59 bits per heavy atom. The van der Waals surface area contributed by atoms with Gasteiger partial charge in [-0.05, 0) is 6.07 Å². The van der Waals surface area contributed by atoms with Gasteiger partial charge in [-0.15, -0.1) is 0 Å². The van der Waals surface area contributed by atoms with E-state index in [9.17, 15) is 14.9 Å². The van der Waals surface area contributed by atoms with Gasteiger partial charge in [-0.1, -0.05) is 12.2 Å². The Morgan fingerprint density at radius 3 is 2.88 bits per heavy atom. The molecule has 2 N–H and O–H groups in total. The summed E-state index contributed by atoms with van der Waals surface area (Å²) >= 11 is 0. The lowest BCUT2D eigenvalue weighted by atomic mass is 10.1. The number of anilines is 1. The molecule has 0 aliphatic carbocycles. The quantitative estimate of drug-likeness (QED) is 0.372. The molecule has 0 aliphatic heterocycles. The van der Waals surface area contributed by atoms with Crippen LogP contribution in [0.2, 0.25) is 0 Å². The number of hydrogen-bond acceptors (Lipinski definition) is 5. The highest BCUT2D eigenvalue weighted by atomic mass is 16.6. The van der Waals surface area contributed by atoms with Gasteiger partial charge >= 0.3 is 5.97 Å². The third-order valence-corrected chi connectivity index (χ3v) is 2.09. The molecule has 6 nitrogen and oxygen atoms in total. The zero-order chi connectivity index (χ0) is 12.8. The number of carbonyl (C=O) groups is 1. The normalized spacial score (nSPS) is 10.4. The second kappa shape index (κ2) is 5.64. The van der Waals surface area contributed by atoms with Gasteiger partial charge in [-0.3, -0.25) is 14.9 Å². The summed E-state index contributed by atoms with van der Waals surface area (Å²) in [5.41, 5.74) is 6.52. The maximum absolute atomic E-state index is 10.8. The van der Waals surface area contributed by atoms with Crippen molar-refractivity contribution in [3.8, 4) is 0 Å². The van der Waals surface area contributed by atoms with Gasteiger partial charge < -0.3 is 10.5 Å². The van der Waals surface area contributed by atoms with Crippen LogP contribution in [0.3, 0.4) is 0 Å². The Balaban J connectivity index is 2.86. The Morgan fingerprint density at radius 2 is 2.29 bits per heavy atom. The van der Waals surface area contributed by atoms with Gasteiger partial charge in [-0.25, -0.2) is 0 Å². The number of benzene rings is 1. The molecular weight excluding hydrogens is 224 g/mol. The first-order valence-corrected chi connectivity index (χ1v) is 4.82. The van der Waals surface area contributed by atoms with Crippen LogP contribution in [0.5, 0.6) is 0 Å². The molecule has 0 atom stereocenters. The van der Waals surface area contributed by atoms with Gasteiger partial charge in [-0.2, -0.15) is 0 Å². The number of nitrogens with zero attached hydrogens (tertiary/aromatic N) is 1. The second-order valence-electron chi connectivity index (χ2n) is 3.25. The number of ether oxygens (including phenoxy) is 1.